The van der Waals surface area contributed by atoms with Crippen LogP contribution >= 0.6 is 0 Å². The molecule has 1 aliphatic rings. The van der Waals surface area contributed by atoms with Gasteiger partial charge in [-0.25, -0.2) is 9.59 Å². The van der Waals surface area contributed by atoms with Crippen molar-refractivity contribution in [3.8, 4) is 0 Å². The molecule has 1 rings (SSSR count). The van der Waals surface area contributed by atoms with E-state index in [1.165, 1.54) is 17.1 Å². The molecule has 1 heterocycles. The van der Waals surface area contributed by atoms with E-state index in [4.69, 9.17) is 4.74 Å². The molecule has 0 spiro atoms. The summed E-state index contributed by atoms with van der Waals surface area (Å²) in [5.74, 6) is -1.27. The van der Waals surface area contributed by atoms with Gasteiger partial charge in [0, 0.05) is 13.1 Å². The second-order valence-corrected chi connectivity index (χ2v) is 6.51. The fourth-order valence-electron chi connectivity index (χ4n) is 2.10. The molecule has 2 N–H and O–H groups in total. The number of hydrogen-bond acceptors (Lipinski definition) is 4. The zero-order valence-electron chi connectivity index (χ0n) is 14.1. The number of carbonyl (C=O) groups is 2. The fraction of sp³-hybridized carbons (Fsp3) is 0.529. The molecule has 23 heavy (non-hydrogen) atoms. The third kappa shape index (κ3) is 6.59. The predicted octanol–water partition coefficient (Wildman–Crippen LogP) is 3.42. The third-order valence-corrected chi connectivity index (χ3v) is 3.15. The Morgan fingerprint density at radius 1 is 1.30 bits per heavy atom. The van der Waals surface area contributed by atoms with E-state index < -0.39 is 17.7 Å². The van der Waals surface area contributed by atoms with Gasteiger partial charge in [0.1, 0.15) is 11.4 Å². The van der Waals surface area contributed by atoms with Gasteiger partial charge in [-0.1, -0.05) is 6.08 Å². The van der Waals surface area contributed by atoms with Crippen LogP contribution in [-0.2, 0) is 9.53 Å². The Morgan fingerprint density at radius 2 is 1.96 bits per heavy atom. The average molecular weight is 323 g/mol. The van der Waals surface area contributed by atoms with Crippen LogP contribution in [0.3, 0.4) is 0 Å². The van der Waals surface area contributed by atoms with Crippen molar-refractivity contribution in [3.05, 3.63) is 35.1 Å². The topological polar surface area (TPSA) is 87.1 Å². The lowest BCUT2D eigenvalue weighted by Crippen LogP contribution is -2.38. The van der Waals surface area contributed by atoms with Crippen molar-refractivity contribution >= 4 is 12.1 Å². The van der Waals surface area contributed by atoms with Crippen molar-refractivity contribution in [2.24, 2.45) is 0 Å². The average Bonchev–Trinajstić information content (AvgIpc) is 2.42. The van der Waals surface area contributed by atoms with Crippen molar-refractivity contribution in [2.75, 3.05) is 13.1 Å². The minimum atomic E-state index is -1.15. The van der Waals surface area contributed by atoms with Gasteiger partial charge in [0.15, 0.2) is 0 Å². The van der Waals surface area contributed by atoms with Crippen LogP contribution in [0.5, 0.6) is 0 Å². The standard InChI is InChI=1S/C17H25NO5/c1-12-11-18(16(22)23-17(2,3)4)9-7-5-6-8-13(19)10-14(12)15(20)21/h6,8,10,19H,5,7,9,11H2,1-4H3,(H,20,21)/b8-6+,13-10+,14-12-. The first-order chi connectivity index (χ1) is 10.6. The minimum absolute atomic E-state index is 0.0254. The summed E-state index contributed by atoms with van der Waals surface area (Å²) in [5, 5.41) is 19.1. The van der Waals surface area contributed by atoms with Gasteiger partial charge in [-0.3, -0.25) is 0 Å². The number of amides is 1. The van der Waals surface area contributed by atoms with Gasteiger partial charge in [0.25, 0.3) is 0 Å². The largest absolute Gasteiger partial charge is 0.508 e. The smallest absolute Gasteiger partial charge is 0.410 e. The number of nitrogens with zero attached hydrogens (tertiary/aromatic N) is 1. The molecular formula is C17H25NO5. The van der Waals surface area contributed by atoms with Crippen LogP contribution in [0.25, 0.3) is 0 Å². The van der Waals surface area contributed by atoms with Gasteiger partial charge in [-0.15, -0.1) is 0 Å². The lowest BCUT2D eigenvalue weighted by atomic mass is 10.1. The van der Waals surface area contributed by atoms with E-state index in [2.05, 4.69) is 0 Å². The van der Waals surface area contributed by atoms with Crippen LogP contribution in [0.15, 0.2) is 35.1 Å². The highest BCUT2D eigenvalue weighted by atomic mass is 16.6. The number of rotatable bonds is 1. The summed E-state index contributed by atoms with van der Waals surface area (Å²) >= 11 is 0. The molecule has 0 unspecified atom stereocenters. The summed E-state index contributed by atoms with van der Waals surface area (Å²) in [6.45, 7) is 7.57. The molecule has 6 heteroatoms. The highest BCUT2D eigenvalue weighted by molar-refractivity contribution is 5.91. The summed E-state index contributed by atoms with van der Waals surface area (Å²) < 4.78 is 5.38. The zero-order chi connectivity index (χ0) is 17.6. The molecule has 0 saturated heterocycles. The summed E-state index contributed by atoms with van der Waals surface area (Å²) in [6.07, 6.45) is 5.31. The van der Waals surface area contributed by atoms with Gasteiger partial charge in [0.05, 0.1) is 5.57 Å². The van der Waals surface area contributed by atoms with Gasteiger partial charge >= 0.3 is 12.1 Å². The minimum Gasteiger partial charge on any atom is -0.508 e. The van der Waals surface area contributed by atoms with Crippen molar-refractivity contribution in [1.29, 1.82) is 0 Å². The first-order valence-corrected chi connectivity index (χ1v) is 7.58. The number of allylic oxidation sites excluding steroid dienone is 2. The third-order valence-electron chi connectivity index (χ3n) is 3.15. The van der Waals surface area contributed by atoms with Crippen molar-refractivity contribution < 1.29 is 24.5 Å². The number of carbonyl (C=O) groups excluding carboxylic acids is 1. The number of hydrogen-bond donors (Lipinski definition) is 2. The maximum atomic E-state index is 12.3. The Bertz CT molecular complexity index is 552. The zero-order valence-corrected chi connectivity index (χ0v) is 14.1. The Balaban J connectivity index is 3.12. The Hall–Kier alpha value is -2.24. The number of aliphatic carboxylic acids is 1. The molecule has 1 aliphatic heterocycles. The Kier molecular flexibility index (Phi) is 6.42. The first-order valence-electron chi connectivity index (χ1n) is 7.58. The lowest BCUT2D eigenvalue weighted by molar-refractivity contribution is -0.132. The van der Waals surface area contributed by atoms with E-state index in [9.17, 15) is 19.8 Å². The monoisotopic (exact) mass is 323 g/mol. The second kappa shape index (κ2) is 7.85. The quantitative estimate of drug-likeness (QED) is 0.772. The molecule has 0 aromatic rings. The van der Waals surface area contributed by atoms with Crippen molar-refractivity contribution in [1.82, 2.24) is 4.90 Å². The number of carboxylic acids is 1. The lowest BCUT2D eigenvalue weighted by Gasteiger charge is -2.28. The maximum Gasteiger partial charge on any atom is 0.410 e. The van der Waals surface area contributed by atoms with Crippen LogP contribution in [0.4, 0.5) is 4.79 Å². The molecule has 0 aliphatic carbocycles. The van der Waals surface area contributed by atoms with Gasteiger partial charge in [-0.05, 0) is 58.3 Å². The summed E-state index contributed by atoms with van der Waals surface area (Å²) in [6, 6.07) is 0. The summed E-state index contributed by atoms with van der Waals surface area (Å²) in [4.78, 5) is 25.2. The Morgan fingerprint density at radius 3 is 2.52 bits per heavy atom. The van der Waals surface area contributed by atoms with Crippen LogP contribution in [0.2, 0.25) is 0 Å². The van der Waals surface area contributed by atoms with Crippen LogP contribution in [0, 0.1) is 0 Å². The molecular weight excluding hydrogens is 298 g/mol. The molecule has 128 valence electrons. The van der Waals surface area contributed by atoms with Crippen LogP contribution < -0.4 is 0 Å². The number of aliphatic hydroxyl groups excluding tert-OH is 1. The molecule has 0 radical (unpaired) electrons. The number of carboxylic acid groups (broad SMARTS) is 1. The highest BCUT2D eigenvalue weighted by Crippen LogP contribution is 2.16. The van der Waals surface area contributed by atoms with E-state index in [1.807, 2.05) is 0 Å². The van der Waals surface area contributed by atoms with Gasteiger partial charge < -0.3 is 19.8 Å². The molecule has 0 aromatic carbocycles. The molecule has 0 saturated carbocycles. The Labute approximate surface area is 136 Å². The van der Waals surface area contributed by atoms with Crippen LogP contribution in [0.1, 0.15) is 40.5 Å². The van der Waals surface area contributed by atoms with Gasteiger partial charge in [-0.2, -0.15) is 0 Å². The van der Waals surface area contributed by atoms with E-state index in [-0.39, 0.29) is 17.9 Å². The normalized spacial score (nSPS) is 24.2. The second-order valence-electron chi connectivity index (χ2n) is 6.51. The molecule has 0 atom stereocenters. The maximum absolute atomic E-state index is 12.3. The van der Waals surface area contributed by atoms with E-state index in [1.54, 1.807) is 33.8 Å². The summed E-state index contributed by atoms with van der Waals surface area (Å²) in [7, 11) is 0. The van der Waals surface area contributed by atoms with E-state index >= 15 is 0 Å². The first kappa shape index (κ1) is 18.8. The fourth-order valence-corrected chi connectivity index (χ4v) is 2.10. The van der Waals surface area contributed by atoms with Crippen molar-refractivity contribution in [2.45, 2.75) is 46.1 Å². The van der Waals surface area contributed by atoms with Crippen molar-refractivity contribution in [3.63, 3.8) is 0 Å². The molecule has 0 aromatic heterocycles. The number of ether oxygens (including phenoxy) is 1. The molecule has 6 nitrogen and oxygen atoms in total. The molecule has 1 amide bonds. The van der Waals surface area contributed by atoms with E-state index in [0.29, 0.717) is 25.0 Å². The summed E-state index contributed by atoms with van der Waals surface area (Å²) in [5.41, 5.74) is -0.165. The predicted molar refractivity (Wildman–Crippen MR) is 87.2 cm³/mol. The highest BCUT2D eigenvalue weighted by Gasteiger charge is 2.23. The van der Waals surface area contributed by atoms with Gasteiger partial charge in [0.2, 0.25) is 0 Å². The van der Waals surface area contributed by atoms with Crippen LogP contribution in [-0.4, -0.2) is 45.9 Å². The SMILES string of the molecule is C\C1=C(C(=O)O)/C=C(O)\C=C\CCCN(C(=O)OC(C)(C)C)C1. The molecule has 0 bridgehead atoms. The molecule has 0 fully saturated rings. The number of aliphatic hydroxyl groups is 1. The van der Waals surface area contributed by atoms with E-state index in [0.717, 1.165) is 0 Å².